The molecule has 3 N–H and O–H groups in total. The Kier molecular flexibility index (Phi) is 5.18. The molecule has 1 aliphatic carbocycles. The standard InChI is InChI=1S/C22H26FN7/c1-2-17-21(14-7-9-16(23)10-8-14)28-29-22(17)27-19-11-20(25-13-24-19)30-18-6-4-3-5-15(18)12-26-30/h7-13,17,21-22,28-29H,2-6H2,1H3,(H,24,25,27). The highest BCUT2D eigenvalue weighted by atomic mass is 19.1. The lowest BCUT2D eigenvalue weighted by atomic mass is 9.90. The van der Waals surface area contributed by atoms with E-state index in [0.717, 1.165) is 36.5 Å². The molecule has 1 aromatic carbocycles. The topological polar surface area (TPSA) is 79.7 Å². The van der Waals surface area contributed by atoms with Crippen LogP contribution in [0.4, 0.5) is 10.2 Å². The van der Waals surface area contributed by atoms with Gasteiger partial charge in [0, 0.05) is 17.7 Å². The summed E-state index contributed by atoms with van der Waals surface area (Å²) >= 11 is 0. The second-order valence-corrected chi connectivity index (χ2v) is 8.01. The van der Waals surface area contributed by atoms with Crippen molar-refractivity contribution in [3.05, 3.63) is 65.5 Å². The third-order valence-corrected chi connectivity index (χ3v) is 6.19. The molecule has 30 heavy (non-hydrogen) atoms. The summed E-state index contributed by atoms with van der Waals surface area (Å²) in [6, 6.07) is 8.72. The number of aromatic nitrogens is 4. The molecule has 5 rings (SSSR count). The molecule has 3 unspecified atom stereocenters. The zero-order valence-corrected chi connectivity index (χ0v) is 17.0. The van der Waals surface area contributed by atoms with Gasteiger partial charge < -0.3 is 5.32 Å². The van der Waals surface area contributed by atoms with Crippen molar-refractivity contribution in [1.29, 1.82) is 0 Å². The Balaban J connectivity index is 1.35. The first-order valence-electron chi connectivity index (χ1n) is 10.6. The molecule has 1 saturated heterocycles. The number of anilines is 1. The predicted molar refractivity (Wildman–Crippen MR) is 112 cm³/mol. The minimum absolute atomic E-state index is 0.0145. The van der Waals surface area contributed by atoms with E-state index >= 15 is 0 Å². The normalized spacial score (nSPS) is 23.3. The number of hydrogen-bond acceptors (Lipinski definition) is 6. The van der Waals surface area contributed by atoms with Crippen LogP contribution in [-0.4, -0.2) is 25.9 Å². The monoisotopic (exact) mass is 407 g/mol. The summed E-state index contributed by atoms with van der Waals surface area (Å²) in [6.45, 7) is 2.16. The molecule has 3 heterocycles. The molecule has 3 aromatic rings. The molecule has 0 saturated carbocycles. The molecule has 1 aliphatic heterocycles. The number of hydrazine groups is 1. The van der Waals surface area contributed by atoms with Crippen LogP contribution in [0.2, 0.25) is 0 Å². The first kappa shape index (κ1) is 19.1. The molecule has 7 nitrogen and oxygen atoms in total. The van der Waals surface area contributed by atoms with E-state index in [2.05, 4.69) is 38.2 Å². The van der Waals surface area contributed by atoms with Gasteiger partial charge in [0.05, 0.1) is 18.4 Å². The fourth-order valence-corrected chi connectivity index (χ4v) is 4.59. The van der Waals surface area contributed by atoms with E-state index in [1.165, 1.54) is 36.2 Å². The van der Waals surface area contributed by atoms with Crippen LogP contribution >= 0.6 is 0 Å². The Morgan fingerprint density at radius 2 is 1.97 bits per heavy atom. The van der Waals surface area contributed by atoms with Gasteiger partial charge in [-0.05, 0) is 55.4 Å². The highest BCUT2D eigenvalue weighted by molar-refractivity contribution is 5.43. The van der Waals surface area contributed by atoms with Crippen molar-refractivity contribution in [1.82, 2.24) is 30.6 Å². The molecule has 1 fully saturated rings. The third kappa shape index (κ3) is 3.57. The average molecular weight is 407 g/mol. The van der Waals surface area contributed by atoms with E-state index in [-0.39, 0.29) is 23.9 Å². The summed E-state index contributed by atoms with van der Waals surface area (Å²) in [5, 5.41) is 8.07. The largest absolute Gasteiger partial charge is 0.353 e. The van der Waals surface area contributed by atoms with Crippen molar-refractivity contribution >= 4 is 5.82 Å². The van der Waals surface area contributed by atoms with Crippen LogP contribution in [-0.2, 0) is 12.8 Å². The minimum atomic E-state index is -0.221. The first-order chi connectivity index (χ1) is 14.7. The number of rotatable bonds is 5. The highest BCUT2D eigenvalue weighted by Gasteiger charge is 2.35. The maximum Gasteiger partial charge on any atom is 0.159 e. The molecule has 8 heteroatoms. The zero-order valence-electron chi connectivity index (χ0n) is 17.0. The Labute approximate surface area is 175 Å². The molecule has 0 amide bonds. The maximum absolute atomic E-state index is 13.3. The summed E-state index contributed by atoms with van der Waals surface area (Å²) in [5.74, 6) is 1.58. The van der Waals surface area contributed by atoms with Gasteiger partial charge in [-0.25, -0.2) is 29.9 Å². The van der Waals surface area contributed by atoms with Crippen molar-refractivity contribution in [3.63, 3.8) is 0 Å². The van der Waals surface area contributed by atoms with E-state index in [1.54, 1.807) is 6.33 Å². The molecule has 0 radical (unpaired) electrons. The van der Waals surface area contributed by atoms with Crippen LogP contribution in [0.5, 0.6) is 0 Å². The average Bonchev–Trinajstić information content (AvgIpc) is 3.38. The lowest BCUT2D eigenvalue weighted by Gasteiger charge is -2.23. The number of fused-ring (bicyclic) bond motifs is 1. The van der Waals surface area contributed by atoms with Crippen LogP contribution < -0.4 is 16.2 Å². The lowest BCUT2D eigenvalue weighted by molar-refractivity contribution is 0.425. The lowest BCUT2D eigenvalue weighted by Crippen LogP contribution is -2.38. The molecular weight excluding hydrogens is 381 g/mol. The minimum Gasteiger partial charge on any atom is -0.353 e. The van der Waals surface area contributed by atoms with Crippen LogP contribution in [0.15, 0.2) is 42.9 Å². The first-order valence-corrected chi connectivity index (χ1v) is 10.6. The van der Waals surface area contributed by atoms with Crippen LogP contribution in [0.25, 0.3) is 5.82 Å². The molecule has 0 bridgehead atoms. The zero-order chi connectivity index (χ0) is 20.5. The van der Waals surface area contributed by atoms with Gasteiger partial charge in [0.1, 0.15) is 18.0 Å². The Bertz CT molecular complexity index is 1020. The van der Waals surface area contributed by atoms with Gasteiger partial charge >= 0.3 is 0 Å². The molecular formula is C22H26FN7. The third-order valence-electron chi connectivity index (χ3n) is 6.19. The molecule has 2 aromatic heterocycles. The van der Waals surface area contributed by atoms with E-state index < -0.39 is 0 Å². The Hall–Kier alpha value is -2.84. The second kappa shape index (κ2) is 8.12. The SMILES string of the molecule is CCC1C(Nc2cc(-n3ncc4c3CCCC4)ncn2)NNC1c1ccc(F)cc1. The number of benzene rings is 1. The van der Waals surface area contributed by atoms with Crippen molar-refractivity contribution in [3.8, 4) is 5.82 Å². The smallest absolute Gasteiger partial charge is 0.159 e. The van der Waals surface area contributed by atoms with Crippen molar-refractivity contribution in [2.45, 2.75) is 51.2 Å². The van der Waals surface area contributed by atoms with Gasteiger partial charge in [0.25, 0.3) is 0 Å². The van der Waals surface area contributed by atoms with Gasteiger partial charge in [-0.1, -0.05) is 19.1 Å². The number of nitrogens with zero attached hydrogens (tertiary/aromatic N) is 4. The number of nitrogens with one attached hydrogen (secondary N) is 3. The van der Waals surface area contributed by atoms with Crippen LogP contribution in [0.1, 0.15) is 49.0 Å². The van der Waals surface area contributed by atoms with Crippen LogP contribution in [0, 0.1) is 11.7 Å². The van der Waals surface area contributed by atoms with E-state index in [1.807, 2.05) is 29.1 Å². The van der Waals surface area contributed by atoms with Gasteiger partial charge in [-0.3, -0.25) is 0 Å². The fourth-order valence-electron chi connectivity index (χ4n) is 4.59. The van der Waals surface area contributed by atoms with Gasteiger partial charge in [0.15, 0.2) is 5.82 Å². The molecule has 3 atom stereocenters. The summed E-state index contributed by atoms with van der Waals surface area (Å²) in [7, 11) is 0. The Morgan fingerprint density at radius 3 is 2.80 bits per heavy atom. The van der Waals surface area contributed by atoms with E-state index in [4.69, 9.17) is 0 Å². The quantitative estimate of drug-likeness (QED) is 0.602. The van der Waals surface area contributed by atoms with Crippen LogP contribution in [0.3, 0.4) is 0 Å². The second-order valence-electron chi connectivity index (χ2n) is 8.01. The summed E-state index contributed by atoms with van der Waals surface area (Å²) in [4.78, 5) is 8.87. The van der Waals surface area contributed by atoms with Crippen molar-refractivity contribution < 1.29 is 4.39 Å². The fraction of sp³-hybridized carbons (Fsp3) is 0.409. The summed E-state index contributed by atoms with van der Waals surface area (Å²) in [5.41, 5.74) is 10.3. The highest BCUT2D eigenvalue weighted by Crippen LogP contribution is 2.32. The maximum atomic E-state index is 13.3. The predicted octanol–water partition coefficient (Wildman–Crippen LogP) is 3.29. The van der Waals surface area contributed by atoms with E-state index in [0.29, 0.717) is 0 Å². The van der Waals surface area contributed by atoms with Crippen molar-refractivity contribution in [2.24, 2.45) is 5.92 Å². The van der Waals surface area contributed by atoms with Gasteiger partial charge in [0.2, 0.25) is 0 Å². The molecule has 2 aliphatic rings. The van der Waals surface area contributed by atoms with Gasteiger partial charge in [-0.2, -0.15) is 5.10 Å². The number of aryl methyl sites for hydroxylation is 1. The summed E-state index contributed by atoms with van der Waals surface area (Å²) < 4.78 is 15.3. The van der Waals surface area contributed by atoms with E-state index in [9.17, 15) is 4.39 Å². The molecule has 0 spiro atoms. The van der Waals surface area contributed by atoms with Gasteiger partial charge in [-0.15, -0.1) is 0 Å². The number of halogens is 1. The Morgan fingerprint density at radius 1 is 1.13 bits per heavy atom. The summed E-state index contributed by atoms with van der Waals surface area (Å²) in [6.07, 6.45) is 9.02. The molecule has 156 valence electrons. The van der Waals surface area contributed by atoms with Crippen molar-refractivity contribution in [2.75, 3.05) is 5.32 Å². The number of hydrogen-bond donors (Lipinski definition) is 3.